The molecule has 2 spiro atoms. The molecular weight excluding hydrogens is 989 g/mol. The van der Waals surface area contributed by atoms with E-state index in [0.29, 0.717) is 11.8 Å². The Morgan fingerprint density at radius 1 is 0.475 bits per heavy atom. The molecule has 10 aromatic carbocycles. The van der Waals surface area contributed by atoms with Crippen LogP contribution in [0.5, 0.6) is 11.5 Å². The average Bonchev–Trinajstić information content (AvgIpc) is 4.31. The van der Waals surface area contributed by atoms with E-state index in [4.69, 9.17) is 4.74 Å². The van der Waals surface area contributed by atoms with E-state index in [1.807, 2.05) is 11.8 Å². The SMILES string of the molecule is CC1C=CC(n2c3ccccc3c3cc(-c4ccc(N(c5ccc6c(c5)-c5ccccc5C65c6ccccc6Oc6ccccc65)c5cccc6c5-c5ccccc5C65C6=C(C=CC(C)C6)Sc6ccccc65)cc4)ccc32)=CC1. The zero-order valence-electron chi connectivity index (χ0n) is 44.5. The summed E-state index contributed by atoms with van der Waals surface area (Å²) in [6.45, 7) is 4.66. The van der Waals surface area contributed by atoms with Crippen LogP contribution in [0.2, 0.25) is 0 Å². The van der Waals surface area contributed by atoms with Crippen molar-refractivity contribution < 1.29 is 4.74 Å². The summed E-state index contributed by atoms with van der Waals surface area (Å²) in [6, 6.07) is 84.6. The molecule has 0 radical (unpaired) electrons. The van der Waals surface area contributed by atoms with Crippen LogP contribution in [0.25, 0.3) is 60.9 Å². The van der Waals surface area contributed by atoms with Gasteiger partial charge in [0.2, 0.25) is 0 Å². The molecule has 17 rings (SSSR count). The minimum Gasteiger partial charge on any atom is -0.457 e. The van der Waals surface area contributed by atoms with E-state index in [-0.39, 0.29) is 0 Å². The number of hydrogen-bond acceptors (Lipinski definition) is 3. The Labute approximate surface area is 471 Å². The van der Waals surface area contributed by atoms with Gasteiger partial charge in [0, 0.05) is 54.3 Å². The van der Waals surface area contributed by atoms with E-state index < -0.39 is 10.8 Å². The van der Waals surface area contributed by atoms with Gasteiger partial charge in [-0.3, -0.25) is 0 Å². The summed E-state index contributed by atoms with van der Waals surface area (Å²) in [5, 5.41) is 2.53. The molecule has 0 bridgehead atoms. The fourth-order valence-electron chi connectivity index (χ4n) is 15.1. The van der Waals surface area contributed by atoms with Crippen LogP contribution in [0, 0.1) is 11.8 Å². The smallest absolute Gasteiger partial charge is 0.132 e. The number of hydrogen-bond donors (Lipinski definition) is 0. The fourth-order valence-corrected chi connectivity index (χ4v) is 16.3. The Kier molecular flexibility index (Phi) is 9.87. The number of anilines is 3. The van der Waals surface area contributed by atoms with E-state index >= 15 is 0 Å². The Bertz CT molecular complexity index is 4560. The fraction of sp³-hybridized carbons (Fsp3) is 0.105. The van der Waals surface area contributed by atoms with Crippen molar-refractivity contribution in [3.63, 3.8) is 0 Å². The van der Waals surface area contributed by atoms with Crippen LogP contribution in [0.1, 0.15) is 65.6 Å². The number of fused-ring (bicyclic) bond motifs is 20. The van der Waals surface area contributed by atoms with E-state index in [0.717, 1.165) is 41.4 Å². The van der Waals surface area contributed by atoms with Crippen LogP contribution in [0.4, 0.5) is 17.1 Å². The lowest BCUT2D eigenvalue weighted by Gasteiger charge is -2.43. The zero-order chi connectivity index (χ0) is 52.8. The monoisotopic (exact) mass is 1040 g/mol. The standard InChI is InChI=1S/C76H54N2OS/c1-47-30-36-52(37-31-47)78-67-25-11-5-17-55(67)58-45-50(35-42-68(58)78)49-33-38-51(39-34-49)77(53-40-41-61-57(46-53)54-16-3-6-19-59(54)75(61)62-21-8-12-27-70(62)79-71-28-13-9-22-63(71)75)69-26-15-24-65-74(69)56-18-4-7-20-60(56)76(65)64-23-10-14-29-72(64)80-73-43-32-48(2)44-66(73)76/h3-30,32-43,45-48H,31,44H2,1-2H3. The normalized spacial score (nSPS) is 19.1. The van der Waals surface area contributed by atoms with Gasteiger partial charge >= 0.3 is 0 Å². The number of allylic oxidation sites excluding steroid dienone is 7. The number of ether oxygens (including phenoxy) is 1. The molecule has 0 saturated heterocycles. The number of nitrogens with zero attached hydrogens (tertiary/aromatic N) is 2. The second-order valence-corrected chi connectivity index (χ2v) is 23.8. The highest BCUT2D eigenvalue weighted by Crippen LogP contribution is 2.67. The molecule has 380 valence electrons. The third-order valence-corrected chi connectivity index (χ3v) is 19.6. The van der Waals surface area contributed by atoms with Crippen molar-refractivity contribution >= 4 is 56.3 Å². The molecule has 3 unspecified atom stereocenters. The van der Waals surface area contributed by atoms with Crippen molar-refractivity contribution in [3.05, 3.63) is 304 Å². The molecule has 1 aromatic heterocycles. The highest BCUT2D eigenvalue weighted by atomic mass is 32.2. The predicted octanol–water partition coefficient (Wildman–Crippen LogP) is 20.1. The molecule has 2 aliphatic heterocycles. The first-order chi connectivity index (χ1) is 39.5. The van der Waals surface area contributed by atoms with Gasteiger partial charge in [-0.15, -0.1) is 0 Å². The lowest BCUT2D eigenvalue weighted by Crippen LogP contribution is -2.34. The molecule has 3 heterocycles. The van der Waals surface area contributed by atoms with Crippen molar-refractivity contribution in [2.75, 3.05) is 4.90 Å². The Hall–Kier alpha value is -9.09. The number of aromatic nitrogens is 1. The van der Waals surface area contributed by atoms with Crippen LogP contribution in [0.3, 0.4) is 0 Å². The van der Waals surface area contributed by atoms with Gasteiger partial charge in [0.25, 0.3) is 0 Å². The third kappa shape index (κ3) is 6.23. The number of benzene rings is 10. The first-order valence-electron chi connectivity index (χ1n) is 28.3. The molecule has 80 heavy (non-hydrogen) atoms. The summed E-state index contributed by atoms with van der Waals surface area (Å²) in [4.78, 5) is 5.27. The topological polar surface area (TPSA) is 17.4 Å². The van der Waals surface area contributed by atoms with E-state index in [1.54, 1.807) is 0 Å². The van der Waals surface area contributed by atoms with Crippen molar-refractivity contribution in [2.24, 2.45) is 11.8 Å². The van der Waals surface area contributed by atoms with Gasteiger partial charge in [-0.2, -0.15) is 0 Å². The van der Waals surface area contributed by atoms with E-state index in [2.05, 4.69) is 278 Å². The maximum Gasteiger partial charge on any atom is 0.132 e. The van der Waals surface area contributed by atoms with Gasteiger partial charge in [0.05, 0.1) is 27.6 Å². The largest absolute Gasteiger partial charge is 0.457 e. The molecule has 3 nitrogen and oxygen atoms in total. The minimum atomic E-state index is -0.568. The number of para-hydroxylation sites is 3. The molecule has 4 heteroatoms. The van der Waals surface area contributed by atoms with Gasteiger partial charge in [-0.05, 0) is 159 Å². The highest BCUT2D eigenvalue weighted by molar-refractivity contribution is 8.03. The molecule has 0 saturated carbocycles. The van der Waals surface area contributed by atoms with Crippen LogP contribution in [-0.2, 0) is 10.8 Å². The van der Waals surface area contributed by atoms with Crippen molar-refractivity contribution in [3.8, 4) is 44.9 Å². The van der Waals surface area contributed by atoms with E-state index in [9.17, 15) is 0 Å². The minimum absolute atomic E-state index is 0.424. The first kappa shape index (κ1) is 45.9. The molecule has 6 aliphatic rings. The molecule has 4 aliphatic carbocycles. The lowest BCUT2D eigenvalue weighted by molar-refractivity contribution is 0.436. The van der Waals surface area contributed by atoms with Gasteiger partial charge in [-0.1, -0.05) is 208 Å². The summed E-state index contributed by atoms with van der Waals surface area (Å²) in [5.41, 5.74) is 23.9. The molecular formula is C76H54N2OS. The Morgan fingerprint density at radius 2 is 1.10 bits per heavy atom. The molecule has 0 N–H and O–H groups in total. The summed E-state index contributed by atoms with van der Waals surface area (Å²) in [7, 11) is 0. The number of rotatable bonds is 5. The Morgan fingerprint density at radius 3 is 1.89 bits per heavy atom. The second kappa shape index (κ2) is 17.2. The van der Waals surface area contributed by atoms with Crippen molar-refractivity contribution in [1.82, 2.24) is 4.57 Å². The summed E-state index contributed by atoms with van der Waals surface area (Å²) in [5.74, 6) is 2.77. The van der Waals surface area contributed by atoms with Crippen LogP contribution in [-0.4, -0.2) is 4.57 Å². The second-order valence-electron chi connectivity index (χ2n) is 22.8. The summed E-state index contributed by atoms with van der Waals surface area (Å²) >= 11 is 1.94. The maximum absolute atomic E-state index is 6.74. The molecule has 0 fully saturated rings. The van der Waals surface area contributed by atoms with Gasteiger partial charge < -0.3 is 14.2 Å². The van der Waals surface area contributed by atoms with Crippen LogP contribution >= 0.6 is 11.8 Å². The Balaban J connectivity index is 0.889. The molecule has 11 aromatic rings. The van der Waals surface area contributed by atoms with Crippen molar-refractivity contribution in [2.45, 2.75) is 42.4 Å². The first-order valence-corrected chi connectivity index (χ1v) is 29.2. The number of thioether (sulfide) groups is 1. The third-order valence-electron chi connectivity index (χ3n) is 18.4. The predicted molar refractivity (Wildman–Crippen MR) is 332 cm³/mol. The quantitative estimate of drug-likeness (QED) is 0.171. The van der Waals surface area contributed by atoms with Crippen LogP contribution < -0.4 is 9.64 Å². The highest BCUT2D eigenvalue weighted by Gasteiger charge is 2.54. The molecule has 0 amide bonds. The van der Waals surface area contributed by atoms with Gasteiger partial charge in [-0.25, -0.2) is 0 Å². The van der Waals surface area contributed by atoms with Crippen LogP contribution in [0.15, 0.2) is 270 Å². The van der Waals surface area contributed by atoms with Gasteiger partial charge in [0.1, 0.15) is 11.5 Å². The van der Waals surface area contributed by atoms with Crippen molar-refractivity contribution in [1.29, 1.82) is 0 Å². The molecule has 3 atom stereocenters. The summed E-state index contributed by atoms with van der Waals surface area (Å²) in [6.07, 6.45) is 13.9. The maximum atomic E-state index is 6.74. The average molecular weight is 1040 g/mol. The van der Waals surface area contributed by atoms with Gasteiger partial charge in [0.15, 0.2) is 0 Å². The zero-order valence-corrected chi connectivity index (χ0v) is 45.3. The van der Waals surface area contributed by atoms with E-state index in [1.165, 1.54) is 115 Å². The summed E-state index contributed by atoms with van der Waals surface area (Å²) < 4.78 is 9.19. The lowest BCUT2D eigenvalue weighted by atomic mass is 9.64.